The second-order valence-electron chi connectivity index (χ2n) is 5.00. The highest BCUT2D eigenvalue weighted by Crippen LogP contribution is 2.26. The van der Waals surface area contributed by atoms with Crippen molar-refractivity contribution in [3.8, 4) is 5.69 Å². The molecule has 1 fully saturated rings. The average Bonchev–Trinajstić information content (AvgIpc) is 2.96. The van der Waals surface area contributed by atoms with E-state index in [0.29, 0.717) is 18.0 Å². The van der Waals surface area contributed by atoms with Crippen LogP contribution in [0.3, 0.4) is 0 Å². The molecule has 1 amide bonds. The van der Waals surface area contributed by atoms with Crippen molar-refractivity contribution in [2.75, 3.05) is 6.54 Å². The first-order valence-corrected chi connectivity index (χ1v) is 6.52. The van der Waals surface area contributed by atoms with Crippen molar-refractivity contribution in [2.24, 2.45) is 5.92 Å². The second-order valence-corrected chi connectivity index (χ2v) is 5.00. The Kier molecular flexibility index (Phi) is 3.42. The topological polar surface area (TPSA) is 92.9 Å². The van der Waals surface area contributed by atoms with E-state index in [1.807, 2.05) is 0 Å². The molecule has 0 spiro atoms. The van der Waals surface area contributed by atoms with Crippen molar-refractivity contribution in [2.45, 2.75) is 18.9 Å². The highest BCUT2D eigenvalue weighted by atomic mass is 16.3. The summed E-state index contributed by atoms with van der Waals surface area (Å²) in [4.78, 5) is 11.9. The zero-order chi connectivity index (χ0) is 13.9. The standard InChI is InChI=1S/C13H15N5O2/c19-12-5-9(6-12)7-14-13(20)10-1-3-11(4-2-10)18-8-15-16-17-18/h1-4,8-9,12,19H,5-7H2,(H,14,20). The summed E-state index contributed by atoms with van der Waals surface area (Å²) in [5.41, 5.74) is 1.40. The second kappa shape index (κ2) is 5.38. The Hall–Kier alpha value is -2.28. The number of amides is 1. The zero-order valence-corrected chi connectivity index (χ0v) is 10.8. The average molecular weight is 273 g/mol. The summed E-state index contributed by atoms with van der Waals surface area (Å²) >= 11 is 0. The first kappa shape index (κ1) is 12.7. The molecule has 7 heteroatoms. The number of benzene rings is 1. The van der Waals surface area contributed by atoms with E-state index in [-0.39, 0.29) is 12.0 Å². The Morgan fingerprint density at radius 1 is 1.35 bits per heavy atom. The predicted octanol–water partition coefficient (Wildman–Crippen LogP) is 0.163. The van der Waals surface area contributed by atoms with Crippen LogP contribution >= 0.6 is 0 Å². The van der Waals surface area contributed by atoms with Gasteiger partial charge in [-0.05, 0) is 53.5 Å². The fourth-order valence-electron chi connectivity index (χ4n) is 2.25. The minimum absolute atomic E-state index is 0.102. The number of aliphatic hydroxyl groups excluding tert-OH is 1. The van der Waals surface area contributed by atoms with E-state index in [0.717, 1.165) is 18.5 Å². The number of aromatic nitrogens is 4. The molecule has 1 heterocycles. The number of carbonyl (C=O) groups excluding carboxylic acids is 1. The summed E-state index contributed by atoms with van der Waals surface area (Å²) in [6.45, 7) is 0.616. The third kappa shape index (κ3) is 2.67. The summed E-state index contributed by atoms with van der Waals surface area (Å²) < 4.78 is 1.53. The SMILES string of the molecule is O=C(NCC1CC(O)C1)c1ccc(-n2cnnn2)cc1. The molecular formula is C13H15N5O2. The van der Waals surface area contributed by atoms with Gasteiger partial charge < -0.3 is 10.4 Å². The molecule has 1 aromatic carbocycles. The molecule has 104 valence electrons. The van der Waals surface area contributed by atoms with Crippen molar-refractivity contribution in [3.63, 3.8) is 0 Å². The Labute approximate surface area is 115 Å². The van der Waals surface area contributed by atoms with Gasteiger partial charge >= 0.3 is 0 Å². The van der Waals surface area contributed by atoms with Crippen LogP contribution in [-0.4, -0.2) is 43.9 Å². The number of hydrogen-bond donors (Lipinski definition) is 2. The van der Waals surface area contributed by atoms with Gasteiger partial charge in [-0.25, -0.2) is 4.68 Å². The lowest BCUT2D eigenvalue weighted by molar-refractivity contribution is 0.0420. The summed E-state index contributed by atoms with van der Waals surface area (Å²) in [6.07, 6.45) is 2.86. The fraction of sp³-hybridized carbons (Fsp3) is 0.385. The summed E-state index contributed by atoms with van der Waals surface area (Å²) in [5.74, 6) is 0.295. The Morgan fingerprint density at radius 3 is 2.70 bits per heavy atom. The molecule has 0 aliphatic heterocycles. The highest BCUT2D eigenvalue weighted by molar-refractivity contribution is 5.94. The van der Waals surface area contributed by atoms with Gasteiger partial charge in [-0.2, -0.15) is 0 Å². The number of nitrogens with one attached hydrogen (secondary N) is 1. The van der Waals surface area contributed by atoms with E-state index < -0.39 is 0 Å². The molecular weight excluding hydrogens is 258 g/mol. The lowest BCUT2D eigenvalue weighted by atomic mass is 9.82. The van der Waals surface area contributed by atoms with Gasteiger partial charge in [-0.15, -0.1) is 5.10 Å². The van der Waals surface area contributed by atoms with Crippen LogP contribution in [0.15, 0.2) is 30.6 Å². The maximum Gasteiger partial charge on any atom is 0.251 e. The molecule has 0 saturated heterocycles. The molecule has 2 N–H and O–H groups in total. The van der Waals surface area contributed by atoms with Crippen LogP contribution in [0.2, 0.25) is 0 Å². The normalized spacial score (nSPS) is 21.2. The molecule has 0 unspecified atom stereocenters. The monoisotopic (exact) mass is 273 g/mol. The molecule has 0 bridgehead atoms. The predicted molar refractivity (Wildman–Crippen MR) is 70.2 cm³/mol. The molecule has 3 rings (SSSR count). The highest BCUT2D eigenvalue weighted by Gasteiger charge is 2.27. The van der Waals surface area contributed by atoms with Crippen molar-refractivity contribution in [3.05, 3.63) is 36.2 Å². The molecule has 0 radical (unpaired) electrons. The summed E-state index contributed by atoms with van der Waals surface area (Å²) in [7, 11) is 0. The zero-order valence-electron chi connectivity index (χ0n) is 10.8. The van der Waals surface area contributed by atoms with Crippen LogP contribution in [-0.2, 0) is 0 Å². The molecule has 1 aliphatic rings. The van der Waals surface area contributed by atoms with E-state index in [1.54, 1.807) is 24.3 Å². The van der Waals surface area contributed by atoms with Gasteiger partial charge in [-0.3, -0.25) is 4.79 Å². The molecule has 1 saturated carbocycles. The van der Waals surface area contributed by atoms with Gasteiger partial charge in [0.1, 0.15) is 6.33 Å². The summed E-state index contributed by atoms with van der Waals surface area (Å²) in [6, 6.07) is 7.06. The molecule has 20 heavy (non-hydrogen) atoms. The minimum Gasteiger partial charge on any atom is -0.393 e. The van der Waals surface area contributed by atoms with Crippen molar-refractivity contribution >= 4 is 5.91 Å². The van der Waals surface area contributed by atoms with E-state index in [1.165, 1.54) is 11.0 Å². The van der Waals surface area contributed by atoms with Crippen molar-refractivity contribution in [1.82, 2.24) is 25.5 Å². The van der Waals surface area contributed by atoms with E-state index in [9.17, 15) is 9.90 Å². The largest absolute Gasteiger partial charge is 0.393 e. The number of carbonyl (C=O) groups is 1. The van der Waals surface area contributed by atoms with Gasteiger partial charge in [0.05, 0.1) is 11.8 Å². The van der Waals surface area contributed by atoms with Crippen LogP contribution in [0.5, 0.6) is 0 Å². The van der Waals surface area contributed by atoms with Crippen molar-refractivity contribution < 1.29 is 9.90 Å². The molecule has 1 aromatic heterocycles. The molecule has 0 atom stereocenters. The number of rotatable bonds is 4. The third-order valence-corrected chi connectivity index (χ3v) is 3.51. The molecule has 7 nitrogen and oxygen atoms in total. The van der Waals surface area contributed by atoms with Gasteiger partial charge in [-0.1, -0.05) is 0 Å². The van der Waals surface area contributed by atoms with E-state index in [2.05, 4.69) is 20.8 Å². The number of tetrazole rings is 1. The first-order valence-electron chi connectivity index (χ1n) is 6.52. The lowest BCUT2D eigenvalue weighted by Gasteiger charge is -2.31. The van der Waals surface area contributed by atoms with Gasteiger partial charge in [0.15, 0.2) is 0 Å². The number of aliphatic hydroxyl groups is 1. The fourth-order valence-corrected chi connectivity index (χ4v) is 2.25. The first-order chi connectivity index (χ1) is 9.72. The maximum atomic E-state index is 11.9. The van der Waals surface area contributed by atoms with Gasteiger partial charge in [0, 0.05) is 12.1 Å². The Bertz CT molecular complexity index is 575. The number of hydrogen-bond acceptors (Lipinski definition) is 5. The smallest absolute Gasteiger partial charge is 0.251 e. The third-order valence-electron chi connectivity index (χ3n) is 3.51. The minimum atomic E-state index is -0.188. The van der Waals surface area contributed by atoms with Gasteiger partial charge in [0.2, 0.25) is 0 Å². The van der Waals surface area contributed by atoms with Crippen LogP contribution in [0.1, 0.15) is 23.2 Å². The van der Waals surface area contributed by atoms with Crippen molar-refractivity contribution in [1.29, 1.82) is 0 Å². The number of nitrogens with zero attached hydrogens (tertiary/aromatic N) is 4. The van der Waals surface area contributed by atoms with Crippen LogP contribution < -0.4 is 5.32 Å². The summed E-state index contributed by atoms with van der Waals surface area (Å²) in [5, 5.41) is 23.0. The lowest BCUT2D eigenvalue weighted by Crippen LogP contribution is -2.38. The quantitative estimate of drug-likeness (QED) is 0.828. The van der Waals surface area contributed by atoms with E-state index in [4.69, 9.17) is 0 Å². The molecule has 1 aliphatic carbocycles. The Balaban J connectivity index is 1.58. The Morgan fingerprint density at radius 2 is 2.10 bits per heavy atom. The molecule has 2 aromatic rings. The maximum absolute atomic E-state index is 11.9. The van der Waals surface area contributed by atoms with E-state index >= 15 is 0 Å². The van der Waals surface area contributed by atoms with Crippen LogP contribution in [0.4, 0.5) is 0 Å². The van der Waals surface area contributed by atoms with Crippen LogP contribution in [0, 0.1) is 5.92 Å². The van der Waals surface area contributed by atoms with Crippen LogP contribution in [0.25, 0.3) is 5.69 Å². The van der Waals surface area contributed by atoms with Gasteiger partial charge in [0.25, 0.3) is 5.91 Å².